The largest absolute Gasteiger partial charge is 0.494 e. The van der Waals surface area contributed by atoms with Gasteiger partial charge in [-0.3, -0.25) is 4.79 Å². The van der Waals surface area contributed by atoms with E-state index in [9.17, 15) is 13.6 Å². The van der Waals surface area contributed by atoms with Crippen LogP contribution in [0.25, 0.3) is 0 Å². The van der Waals surface area contributed by atoms with Gasteiger partial charge in [0.05, 0.1) is 18.4 Å². The Morgan fingerprint density at radius 2 is 1.82 bits per heavy atom. The summed E-state index contributed by atoms with van der Waals surface area (Å²) in [6.07, 6.45) is 2.86. The zero-order valence-corrected chi connectivity index (χ0v) is 19.3. The van der Waals surface area contributed by atoms with Crippen LogP contribution >= 0.6 is 23.2 Å². The number of ether oxygens (including phenoxy) is 1. The second kappa shape index (κ2) is 9.93. The number of likely N-dealkylation sites (tertiary alicyclic amines) is 1. The highest BCUT2D eigenvalue weighted by molar-refractivity contribution is 6.43. The van der Waals surface area contributed by atoms with E-state index in [-0.39, 0.29) is 44.8 Å². The van der Waals surface area contributed by atoms with Crippen molar-refractivity contribution in [2.45, 2.75) is 18.8 Å². The van der Waals surface area contributed by atoms with E-state index in [2.05, 4.69) is 10.3 Å². The van der Waals surface area contributed by atoms with Gasteiger partial charge in [0.25, 0.3) is 5.91 Å². The van der Waals surface area contributed by atoms with E-state index in [4.69, 9.17) is 27.9 Å². The molecule has 5 nitrogen and oxygen atoms in total. The number of rotatable bonds is 5. The number of halogens is 4. The van der Waals surface area contributed by atoms with Crippen LogP contribution in [0.15, 0.2) is 48.7 Å². The topological polar surface area (TPSA) is 54.5 Å². The molecule has 4 rings (SSSR count). The number of nitrogens with zero attached hydrogens (tertiary/aromatic N) is 2. The molecule has 0 unspecified atom stereocenters. The predicted octanol–water partition coefficient (Wildman–Crippen LogP) is 6.44. The van der Waals surface area contributed by atoms with Crippen LogP contribution in [0, 0.1) is 11.6 Å². The predicted molar refractivity (Wildman–Crippen MR) is 125 cm³/mol. The second-order valence-corrected chi connectivity index (χ2v) is 8.48. The van der Waals surface area contributed by atoms with E-state index in [0.717, 1.165) is 18.4 Å². The van der Waals surface area contributed by atoms with Gasteiger partial charge in [-0.1, -0.05) is 35.3 Å². The number of carbonyl (C=O) groups is 1. The molecule has 1 fully saturated rings. The van der Waals surface area contributed by atoms with Gasteiger partial charge >= 0.3 is 0 Å². The first-order valence-electron chi connectivity index (χ1n) is 10.4. The summed E-state index contributed by atoms with van der Waals surface area (Å²) in [7, 11) is 1.38. The van der Waals surface area contributed by atoms with Crippen LogP contribution in [0.2, 0.25) is 10.2 Å². The highest BCUT2D eigenvalue weighted by Gasteiger charge is 2.28. The van der Waals surface area contributed by atoms with Crippen molar-refractivity contribution in [2.75, 3.05) is 25.5 Å². The van der Waals surface area contributed by atoms with E-state index >= 15 is 0 Å². The summed E-state index contributed by atoms with van der Waals surface area (Å²) >= 11 is 12.5. The summed E-state index contributed by atoms with van der Waals surface area (Å²) in [6, 6.07) is 10.8. The molecule has 1 saturated heterocycles. The van der Waals surface area contributed by atoms with Gasteiger partial charge in [0.15, 0.2) is 11.6 Å². The molecule has 9 heteroatoms. The fourth-order valence-electron chi connectivity index (χ4n) is 3.96. The van der Waals surface area contributed by atoms with Crippen molar-refractivity contribution in [1.29, 1.82) is 0 Å². The number of carbonyl (C=O) groups excluding carboxylic acids is 1. The SMILES string of the molecule is COc1ccc(Nc2c(C(=O)N3CCC(c4ccc(F)cc4)CC3)cnc(Cl)c2Cl)cc1F. The molecule has 1 N–H and O–H groups in total. The maximum atomic E-state index is 14.1. The van der Waals surface area contributed by atoms with Crippen LogP contribution in [0.4, 0.5) is 20.2 Å². The van der Waals surface area contributed by atoms with Crippen molar-refractivity contribution in [2.24, 2.45) is 0 Å². The minimum absolute atomic E-state index is 0.0275. The Morgan fingerprint density at radius 3 is 2.45 bits per heavy atom. The van der Waals surface area contributed by atoms with Crippen LogP contribution in [-0.2, 0) is 0 Å². The number of benzene rings is 2. The molecule has 0 saturated carbocycles. The first-order valence-corrected chi connectivity index (χ1v) is 11.1. The first kappa shape index (κ1) is 23.3. The highest BCUT2D eigenvalue weighted by atomic mass is 35.5. The van der Waals surface area contributed by atoms with Crippen molar-refractivity contribution in [3.05, 3.63) is 81.6 Å². The highest BCUT2D eigenvalue weighted by Crippen LogP contribution is 2.36. The number of methoxy groups -OCH3 is 1. The van der Waals surface area contributed by atoms with Crippen LogP contribution in [0.1, 0.15) is 34.7 Å². The van der Waals surface area contributed by atoms with Gasteiger partial charge in [0.2, 0.25) is 0 Å². The Bertz CT molecular complexity index is 1170. The standard InChI is InChI=1S/C24H21Cl2F2N3O2/c1-33-20-7-6-17(12-19(20)28)30-22-18(13-29-23(26)21(22)25)24(32)31-10-8-15(9-11-31)14-2-4-16(27)5-3-14/h2-7,12-13,15H,8-11H2,1H3,(H,29,30). The lowest BCUT2D eigenvalue weighted by Gasteiger charge is -2.32. The average molecular weight is 492 g/mol. The van der Waals surface area contributed by atoms with Gasteiger partial charge < -0.3 is 15.0 Å². The summed E-state index contributed by atoms with van der Waals surface area (Å²) in [5.74, 6) is -0.735. The number of nitrogens with one attached hydrogen (secondary N) is 1. The smallest absolute Gasteiger partial charge is 0.257 e. The molecule has 1 aromatic heterocycles. The minimum Gasteiger partial charge on any atom is -0.494 e. The summed E-state index contributed by atoms with van der Waals surface area (Å²) in [6.45, 7) is 1.05. The molecule has 0 aliphatic carbocycles. The number of pyridine rings is 1. The summed E-state index contributed by atoms with van der Waals surface area (Å²) < 4.78 is 32.3. The average Bonchev–Trinajstić information content (AvgIpc) is 2.82. The van der Waals surface area contributed by atoms with Gasteiger partial charge in [-0.2, -0.15) is 0 Å². The van der Waals surface area contributed by atoms with Gasteiger partial charge in [-0.25, -0.2) is 13.8 Å². The van der Waals surface area contributed by atoms with Crippen molar-refractivity contribution in [3.8, 4) is 5.75 Å². The van der Waals surface area contributed by atoms with Crippen molar-refractivity contribution in [3.63, 3.8) is 0 Å². The number of aromatic nitrogens is 1. The van der Waals surface area contributed by atoms with E-state index in [0.29, 0.717) is 18.8 Å². The Kier molecular flexibility index (Phi) is 7.00. The Morgan fingerprint density at radius 1 is 1.12 bits per heavy atom. The fourth-order valence-corrected chi connectivity index (χ4v) is 4.30. The fraction of sp³-hybridized carbons (Fsp3) is 0.250. The number of piperidine rings is 1. The number of amides is 1. The normalized spacial score (nSPS) is 14.3. The third-order valence-corrected chi connectivity index (χ3v) is 6.50. The second-order valence-electron chi connectivity index (χ2n) is 7.74. The summed E-state index contributed by atoms with van der Waals surface area (Å²) in [5, 5.41) is 3.10. The molecule has 1 aliphatic rings. The third kappa shape index (κ3) is 5.04. The lowest BCUT2D eigenvalue weighted by atomic mass is 9.89. The van der Waals surface area contributed by atoms with Crippen molar-refractivity contribution >= 4 is 40.5 Å². The molecule has 0 bridgehead atoms. The molecule has 0 radical (unpaired) electrons. The van der Waals surface area contributed by atoms with Gasteiger partial charge in [0.1, 0.15) is 16.0 Å². The number of hydrogen-bond donors (Lipinski definition) is 1. The Hall–Kier alpha value is -2.90. The molecule has 2 aromatic carbocycles. The molecule has 3 aromatic rings. The zero-order valence-electron chi connectivity index (χ0n) is 17.7. The zero-order chi connectivity index (χ0) is 23.5. The number of anilines is 2. The van der Waals surface area contributed by atoms with Gasteiger partial charge in [0, 0.05) is 31.0 Å². The summed E-state index contributed by atoms with van der Waals surface area (Å²) in [4.78, 5) is 19.1. The lowest BCUT2D eigenvalue weighted by Crippen LogP contribution is -2.38. The van der Waals surface area contributed by atoms with Crippen molar-refractivity contribution in [1.82, 2.24) is 9.88 Å². The van der Waals surface area contributed by atoms with E-state index < -0.39 is 5.82 Å². The van der Waals surface area contributed by atoms with Crippen LogP contribution in [-0.4, -0.2) is 36.0 Å². The van der Waals surface area contributed by atoms with E-state index in [1.165, 1.54) is 37.6 Å². The molecule has 1 aliphatic heterocycles. The molecular formula is C24H21Cl2F2N3O2. The monoisotopic (exact) mass is 491 g/mol. The molecule has 33 heavy (non-hydrogen) atoms. The van der Waals surface area contributed by atoms with Gasteiger partial charge in [-0.15, -0.1) is 0 Å². The molecule has 2 heterocycles. The van der Waals surface area contributed by atoms with Crippen LogP contribution < -0.4 is 10.1 Å². The number of hydrogen-bond acceptors (Lipinski definition) is 4. The van der Waals surface area contributed by atoms with Crippen LogP contribution in [0.5, 0.6) is 5.75 Å². The molecule has 0 spiro atoms. The van der Waals surface area contributed by atoms with Crippen molar-refractivity contribution < 1.29 is 18.3 Å². The Balaban J connectivity index is 1.54. The minimum atomic E-state index is -0.561. The van der Waals surface area contributed by atoms with Crippen LogP contribution in [0.3, 0.4) is 0 Å². The third-order valence-electron chi connectivity index (χ3n) is 5.75. The molecule has 1 amide bonds. The quantitative estimate of drug-likeness (QED) is 0.417. The van der Waals surface area contributed by atoms with E-state index in [1.807, 2.05) is 0 Å². The Labute approximate surface area is 200 Å². The maximum absolute atomic E-state index is 14.1. The first-order chi connectivity index (χ1) is 15.9. The maximum Gasteiger partial charge on any atom is 0.257 e. The molecular weight excluding hydrogens is 471 g/mol. The molecule has 172 valence electrons. The summed E-state index contributed by atoms with van der Waals surface area (Å²) in [5.41, 5.74) is 1.93. The van der Waals surface area contributed by atoms with E-state index in [1.54, 1.807) is 23.1 Å². The molecule has 0 atom stereocenters. The lowest BCUT2D eigenvalue weighted by molar-refractivity contribution is 0.0713. The van der Waals surface area contributed by atoms with Gasteiger partial charge in [-0.05, 0) is 48.6 Å².